The number of aliphatic hydroxyl groups excluding tert-OH is 1. The minimum absolute atomic E-state index is 0.378. The maximum Gasteiger partial charge on any atom is 0.213 e. The van der Waals surface area contributed by atoms with Gasteiger partial charge in [-0.05, 0) is 18.1 Å². The van der Waals surface area contributed by atoms with Crippen LogP contribution < -0.4 is 0 Å². The third-order valence-electron chi connectivity index (χ3n) is 2.45. The quantitative estimate of drug-likeness (QED) is 0.835. The minimum Gasteiger partial charge on any atom is -0.388 e. The molecule has 0 aliphatic heterocycles. The highest BCUT2D eigenvalue weighted by atomic mass is 16.5. The molecule has 0 bridgehead atoms. The Bertz CT molecular complexity index is 422. The average molecular weight is 221 g/mol. The van der Waals surface area contributed by atoms with Gasteiger partial charge in [-0.15, -0.1) is 0 Å². The third-order valence-corrected chi connectivity index (χ3v) is 2.45. The zero-order valence-electron chi connectivity index (χ0n) is 9.21. The molecule has 86 valence electrons. The van der Waals surface area contributed by atoms with E-state index in [1.54, 1.807) is 0 Å². The van der Waals surface area contributed by atoms with Crippen molar-refractivity contribution in [1.82, 2.24) is 14.7 Å². The van der Waals surface area contributed by atoms with E-state index >= 15 is 0 Å². The molecule has 0 saturated heterocycles. The largest absolute Gasteiger partial charge is 0.388 e. The second kappa shape index (κ2) is 4.94. The van der Waals surface area contributed by atoms with Crippen LogP contribution in [0.3, 0.4) is 0 Å². The van der Waals surface area contributed by atoms with E-state index in [0.29, 0.717) is 12.4 Å². The normalized spacial score (nSPS) is 12.9. The lowest BCUT2D eigenvalue weighted by atomic mass is 10.1. The highest BCUT2D eigenvalue weighted by molar-refractivity contribution is 5.14. The predicted molar refractivity (Wildman–Crippen MR) is 57.7 cm³/mol. The Morgan fingerprint density at radius 1 is 1.56 bits per heavy atom. The van der Waals surface area contributed by atoms with Gasteiger partial charge in [0, 0.05) is 12.4 Å². The van der Waals surface area contributed by atoms with Crippen molar-refractivity contribution < 1.29 is 9.63 Å². The van der Waals surface area contributed by atoms with Crippen molar-refractivity contribution >= 4 is 0 Å². The molecule has 2 heterocycles. The van der Waals surface area contributed by atoms with Crippen LogP contribution >= 0.6 is 0 Å². The highest BCUT2D eigenvalue weighted by Gasteiger charge is 2.08. The van der Waals surface area contributed by atoms with Gasteiger partial charge in [-0.1, -0.05) is 18.5 Å². The summed E-state index contributed by atoms with van der Waals surface area (Å²) in [6.07, 6.45) is 6.51. The number of hydrogen-bond acceptors (Lipinski definition) is 4. The van der Waals surface area contributed by atoms with Crippen LogP contribution in [0.25, 0.3) is 0 Å². The second-order valence-corrected chi connectivity index (χ2v) is 3.77. The molecular weight excluding hydrogens is 206 g/mol. The van der Waals surface area contributed by atoms with E-state index in [4.69, 9.17) is 0 Å². The Morgan fingerprint density at radius 2 is 2.44 bits per heavy atom. The summed E-state index contributed by atoms with van der Waals surface area (Å²) in [5.74, 6) is 0.632. The van der Waals surface area contributed by atoms with E-state index < -0.39 is 0 Å². The third kappa shape index (κ3) is 2.49. The second-order valence-electron chi connectivity index (χ2n) is 3.77. The first-order valence-corrected chi connectivity index (χ1v) is 5.38. The summed E-state index contributed by atoms with van der Waals surface area (Å²) in [5, 5.41) is 13.5. The summed E-state index contributed by atoms with van der Waals surface area (Å²) in [4.78, 5) is 3.94. The van der Waals surface area contributed by atoms with E-state index in [9.17, 15) is 5.11 Å². The van der Waals surface area contributed by atoms with Gasteiger partial charge in [-0.2, -0.15) is 4.98 Å². The summed E-state index contributed by atoms with van der Waals surface area (Å²) in [6.45, 7) is 2.62. The van der Waals surface area contributed by atoms with Crippen molar-refractivity contribution in [3.63, 3.8) is 0 Å². The van der Waals surface area contributed by atoms with Crippen molar-refractivity contribution in [2.75, 3.05) is 0 Å². The molecule has 1 unspecified atom stereocenters. The van der Waals surface area contributed by atoms with Crippen molar-refractivity contribution in [3.8, 4) is 0 Å². The molecule has 0 aliphatic rings. The first kappa shape index (κ1) is 10.9. The van der Waals surface area contributed by atoms with Gasteiger partial charge in [0.25, 0.3) is 0 Å². The number of aliphatic hydroxyl groups is 1. The van der Waals surface area contributed by atoms with Crippen LogP contribution in [0.5, 0.6) is 0 Å². The molecule has 1 N–H and O–H groups in total. The summed E-state index contributed by atoms with van der Waals surface area (Å²) in [5.41, 5.74) is 0.936. The number of rotatable bonds is 5. The fourth-order valence-corrected chi connectivity index (χ4v) is 1.62. The van der Waals surface area contributed by atoms with Gasteiger partial charge in [-0.25, -0.2) is 0 Å². The highest BCUT2D eigenvalue weighted by Crippen LogP contribution is 2.18. The molecule has 0 amide bonds. The Hall–Kier alpha value is -1.62. The lowest BCUT2D eigenvalue weighted by Crippen LogP contribution is -1.99. The van der Waals surface area contributed by atoms with E-state index in [-0.39, 0.29) is 6.10 Å². The lowest BCUT2D eigenvalue weighted by molar-refractivity contribution is 0.166. The van der Waals surface area contributed by atoms with Crippen LogP contribution in [0.1, 0.15) is 37.3 Å². The molecule has 0 saturated carbocycles. The zero-order chi connectivity index (χ0) is 11.4. The molecule has 1 atom stereocenters. The first-order chi connectivity index (χ1) is 7.79. The molecule has 0 radical (unpaired) electrons. The zero-order valence-corrected chi connectivity index (χ0v) is 9.21. The maximum absolute atomic E-state index is 9.80. The van der Waals surface area contributed by atoms with Crippen LogP contribution in [0.2, 0.25) is 0 Å². The molecular formula is C11H15N3O2. The molecule has 2 rings (SSSR count). The van der Waals surface area contributed by atoms with Gasteiger partial charge in [-0.3, -0.25) is 0 Å². The summed E-state index contributed by atoms with van der Waals surface area (Å²) < 4.78 is 6.59. The fourth-order valence-electron chi connectivity index (χ4n) is 1.62. The SMILES string of the molecule is CCCC(O)c1ccn(Cc2ncon2)c1. The van der Waals surface area contributed by atoms with E-state index in [1.165, 1.54) is 6.39 Å². The van der Waals surface area contributed by atoms with E-state index in [1.807, 2.05) is 23.0 Å². The summed E-state index contributed by atoms with van der Waals surface area (Å²) >= 11 is 0. The van der Waals surface area contributed by atoms with Crippen LogP contribution in [-0.4, -0.2) is 19.8 Å². The van der Waals surface area contributed by atoms with E-state index in [2.05, 4.69) is 21.6 Å². The monoisotopic (exact) mass is 221 g/mol. The van der Waals surface area contributed by atoms with Gasteiger partial charge >= 0.3 is 0 Å². The summed E-state index contributed by atoms with van der Waals surface area (Å²) in [7, 11) is 0. The molecule has 5 nitrogen and oxygen atoms in total. The van der Waals surface area contributed by atoms with Gasteiger partial charge in [0.05, 0.1) is 12.6 Å². The predicted octanol–water partition coefficient (Wildman–Crippen LogP) is 1.75. The first-order valence-electron chi connectivity index (χ1n) is 5.38. The molecule has 0 spiro atoms. The topological polar surface area (TPSA) is 64.1 Å². The molecule has 2 aromatic rings. The number of hydrogen-bond donors (Lipinski definition) is 1. The average Bonchev–Trinajstić information content (AvgIpc) is 2.90. The maximum atomic E-state index is 9.80. The standard InChI is InChI=1S/C11H15N3O2/c1-2-3-10(15)9-4-5-14(6-9)7-11-12-8-16-13-11/h4-6,8,10,15H,2-3,7H2,1H3. The fraction of sp³-hybridized carbons (Fsp3) is 0.455. The van der Waals surface area contributed by atoms with Gasteiger partial charge in [0.15, 0.2) is 5.82 Å². The van der Waals surface area contributed by atoms with Gasteiger partial charge in [0.1, 0.15) is 0 Å². The lowest BCUT2D eigenvalue weighted by Gasteiger charge is -2.05. The molecule has 0 aliphatic carbocycles. The van der Waals surface area contributed by atoms with Crippen LogP contribution in [-0.2, 0) is 6.54 Å². The molecule has 16 heavy (non-hydrogen) atoms. The van der Waals surface area contributed by atoms with Crippen LogP contribution in [0, 0.1) is 0 Å². The van der Waals surface area contributed by atoms with Crippen molar-refractivity contribution in [1.29, 1.82) is 0 Å². The van der Waals surface area contributed by atoms with E-state index in [0.717, 1.165) is 18.4 Å². The van der Waals surface area contributed by atoms with Crippen molar-refractivity contribution in [2.45, 2.75) is 32.4 Å². The Labute approximate surface area is 93.7 Å². The Kier molecular flexibility index (Phi) is 3.36. The molecule has 0 aromatic carbocycles. The smallest absolute Gasteiger partial charge is 0.213 e. The van der Waals surface area contributed by atoms with Crippen LogP contribution in [0.15, 0.2) is 29.4 Å². The Morgan fingerprint density at radius 3 is 3.12 bits per heavy atom. The molecule has 2 aromatic heterocycles. The molecule has 0 fully saturated rings. The summed E-state index contributed by atoms with van der Waals surface area (Å²) in [6, 6.07) is 1.92. The molecule has 5 heteroatoms. The number of aromatic nitrogens is 3. The van der Waals surface area contributed by atoms with Crippen molar-refractivity contribution in [3.05, 3.63) is 36.2 Å². The van der Waals surface area contributed by atoms with Crippen LogP contribution in [0.4, 0.5) is 0 Å². The minimum atomic E-state index is -0.378. The number of nitrogens with zero attached hydrogens (tertiary/aromatic N) is 3. The Balaban J connectivity index is 2.02. The van der Waals surface area contributed by atoms with Gasteiger partial charge in [0.2, 0.25) is 6.39 Å². The van der Waals surface area contributed by atoms with Gasteiger partial charge < -0.3 is 14.2 Å². The van der Waals surface area contributed by atoms with Crippen molar-refractivity contribution in [2.24, 2.45) is 0 Å².